The molecule has 1 heterocycles. The third-order valence-corrected chi connectivity index (χ3v) is 3.18. The van der Waals surface area contributed by atoms with Gasteiger partial charge in [-0.25, -0.2) is 0 Å². The molecule has 0 bridgehead atoms. The zero-order chi connectivity index (χ0) is 14.0. The van der Waals surface area contributed by atoms with Crippen LogP contribution in [0.1, 0.15) is 22.8 Å². The van der Waals surface area contributed by atoms with E-state index in [1.165, 1.54) is 24.7 Å². The van der Waals surface area contributed by atoms with E-state index in [0.29, 0.717) is 10.0 Å². The number of aliphatic hydroxyl groups is 1. The van der Waals surface area contributed by atoms with Crippen LogP contribution in [-0.2, 0) is 12.6 Å². The molecular weight excluding hydrogens is 325 g/mol. The summed E-state index contributed by atoms with van der Waals surface area (Å²) in [4.78, 5) is 0. The molecule has 19 heavy (non-hydrogen) atoms. The molecule has 0 amide bonds. The predicted molar refractivity (Wildman–Crippen MR) is 66.5 cm³/mol. The fraction of sp³-hybridized carbons (Fsp3) is 0.231. The standard InChI is InChI=1S/C13H10BrF3O2/c14-9-1-2-10(11(6-9)13(15,16)17)12(18)5-8-3-4-19-7-8/h1-4,6-7,12,18H,5H2. The van der Waals surface area contributed by atoms with Crippen LogP contribution in [-0.4, -0.2) is 5.11 Å². The Morgan fingerprint density at radius 3 is 2.58 bits per heavy atom. The normalized spacial score (nSPS) is 13.5. The molecular formula is C13H10BrF3O2. The van der Waals surface area contributed by atoms with Crippen LogP contribution in [0, 0.1) is 0 Å². The first kappa shape index (κ1) is 14.1. The molecule has 1 aromatic heterocycles. The first-order valence-corrected chi connectivity index (χ1v) is 6.23. The zero-order valence-electron chi connectivity index (χ0n) is 9.62. The molecule has 0 saturated carbocycles. The zero-order valence-corrected chi connectivity index (χ0v) is 11.2. The molecule has 2 rings (SSSR count). The van der Waals surface area contributed by atoms with Gasteiger partial charge >= 0.3 is 6.18 Å². The first-order chi connectivity index (χ1) is 8.88. The lowest BCUT2D eigenvalue weighted by atomic mass is 9.98. The van der Waals surface area contributed by atoms with E-state index >= 15 is 0 Å². The highest BCUT2D eigenvalue weighted by molar-refractivity contribution is 9.10. The predicted octanol–water partition coefficient (Wildman–Crippen LogP) is 4.34. The van der Waals surface area contributed by atoms with Crippen LogP contribution in [0.5, 0.6) is 0 Å². The minimum atomic E-state index is -4.50. The molecule has 0 fully saturated rings. The van der Waals surface area contributed by atoms with Crippen LogP contribution < -0.4 is 0 Å². The number of furan rings is 1. The summed E-state index contributed by atoms with van der Waals surface area (Å²) in [7, 11) is 0. The Morgan fingerprint density at radius 1 is 1.26 bits per heavy atom. The number of rotatable bonds is 3. The van der Waals surface area contributed by atoms with E-state index in [0.717, 1.165) is 6.07 Å². The van der Waals surface area contributed by atoms with Crippen molar-refractivity contribution >= 4 is 15.9 Å². The van der Waals surface area contributed by atoms with Gasteiger partial charge in [0.05, 0.1) is 24.2 Å². The van der Waals surface area contributed by atoms with Gasteiger partial charge in [0.25, 0.3) is 0 Å². The quantitative estimate of drug-likeness (QED) is 0.905. The Bertz CT molecular complexity index is 550. The minimum absolute atomic E-state index is 0.0706. The molecule has 0 aliphatic rings. The average molecular weight is 335 g/mol. The number of alkyl halides is 3. The molecule has 0 radical (unpaired) electrons. The number of hydrogen-bond acceptors (Lipinski definition) is 2. The van der Waals surface area contributed by atoms with Crippen LogP contribution in [0.4, 0.5) is 13.2 Å². The fourth-order valence-electron chi connectivity index (χ4n) is 1.81. The van der Waals surface area contributed by atoms with Crippen molar-refractivity contribution in [2.24, 2.45) is 0 Å². The van der Waals surface area contributed by atoms with Crippen LogP contribution in [0.25, 0.3) is 0 Å². The molecule has 0 spiro atoms. The van der Waals surface area contributed by atoms with E-state index in [1.54, 1.807) is 6.07 Å². The average Bonchev–Trinajstić information content (AvgIpc) is 2.80. The molecule has 1 aromatic carbocycles. The first-order valence-electron chi connectivity index (χ1n) is 5.43. The van der Waals surface area contributed by atoms with Crippen molar-refractivity contribution in [2.75, 3.05) is 0 Å². The summed E-state index contributed by atoms with van der Waals surface area (Å²) in [6.07, 6.45) is -2.86. The second kappa shape index (κ2) is 5.38. The molecule has 1 N–H and O–H groups in total. The number of aliphatic hydroxyl groups excluding tert-OH is 1. The van der Waals surface area contributed by atoms with Crippen molar-refractivity contribution in [3.63, 3.8) is 0 Å². The Balaban J connectivity index is 2.33. The van der Waals surface area contributed by atoms with Crippen LogP contribution in [0.15, 0.2) is 45.7 Å². The van der Waals surface area contributed by atoms with Gasteiger partial charge in [-0.2, -0.15) is 13.2 Å². The van der Waals surface area contributed by atoms with Gasteiger partial charge < -0.3 is 9.52 Å². The Kier molecular flexibility index (Phi) is 4.01. The topological polar surface area (TPSA) is 33.4 Å². The number of hydrogen-bond donors (Lipinski definition) is 1. The van der Waals surface area contributed by atoms with Crippen molar-refractivity contribution in [2.45, 2.75) is 18.7 Å². The SMILES string of the molecule is OC(Cc1ccoc1)c1ccc(Br)cc1C(F)(F)F. The molecule has 0 aliphatic carbocycles. The van der Waals surface area contributed by atoms with Crippen molar-refractivity contribution in [1.29, 1.82) is 0 Å². The second-order valence-corrected chi connectivity index (χ2v) is 5.00. The molecule has 0 aliphatic heterocycles. The summed E-state index contributed by atoms with van der Waals surface area (Å²) in [5, 5.41) is 9.97. The smallest absolute Gasteiger partial charge is 0.416 e. The molecule has 2 nitrogen and oxygen atoms in total. The van der Waals surface area contributed by atoms with Crippen molar-refractivity contribution in [3.8, 4) is 0 Å². The van der Waals surface area contributed by atoms with Crippen LogP contribution >= 0.6 is 15.9 Å². The number of halogens is 4. The maximum absolute atomic E-state index is 12.9. The van der Waals surface area contributed by atoms with Crippen LogP contribution in [0.2, 0.25) is 0 Å². The van der Waals surface area contributed by atoms with Crippen molar-refractivity contribution in [1.82, 2.24) is 0 Å². The maximum Gasteiger partial charge on any atom is 0.416 e. The third kappa shape index (κ3) is 3.39. The second-order valence-electron chi connectivity index (χ2n) is 4.08. The molecule has 102 valence electrons. The largest absolute Gasteiger partial charge is 0.472 e. The Morgan fingerprint density at radius 2 is 2.00 bits per heavy atom. The molecule has 0 saturated heterocycles. The van der Waals surface area contributed by atoms with Gasteiger partial charge in [0.1, 0.15) is 0 Å². The fourth-order valence-corrected chi connectivity index (χ4v) is 2.17. The van der Waals surface area contributed by atoms with Gasteiger partial charge in [0, 0.05) is 10.9 Å². The summed E-state index contributed by atoms with van der Waals surface area (Å²) >= 11 is 3.00. The van der Waals surface area contributed by atoms with Gasteiger partial charge in [-0.05, 0) is 29.3 Å². The van der Waals surface area contributed by atoms with E-state index in [9.17, 15) is 18.3 Å². The highest BCUT2D eigenvalue weighted by Crippen LogP contribution is 2.37. The molecule has 1 unspecified atom stereocenters. The third-order valence-electron chi connectivity index (χ3n) is 2.69. The summed E-state index contributed by atoms with van der Waals surface area (Å²) in [6.45, 7) is 0. The van der Waals surface area contributed by atoms with E-state index in [2.05, 4.69) is 15.9 Å². The molecule has 6 heteroatoms. The van der Waals surface area contributed by atoms with Gasteiger partial charge in [0.15, 0.2) is 0 Å². The van der Waals surface area contributed by atoms with Gasteiger partial charge in [-0.1, -0.05) is 22.0 Å². The minimum Gasteiger partial charge on any atom is -0.472 e. The Hall–Kier alpha value is -1.27. The Labute approximate surface area is 116 Å². The summed E-state index contributed by atoms with van der Waals surface area (Å²) < 4.78 is 43.9. The van der Waals surface area contributed by atoms with Crippen LogP contribution in [0.3, 0.4) is 0 Å². The van der Waals surface area contributed by atoms with Gasteiger partial charge in [-0.15, -0.1) is 0 Å². The van der Waals surface area contributed by atoms with Crippen molar-refractivity contribution in [3.05, 3.63) is 58.0 Å². The van der Waals surface area contributed by atoms with Crippen molar-refractivity contribution < 1.29 is 22.7 Å². The van der Waals surface area contributed by atoms with Gasteiger partial charge in [-0.3, -0.25) is 0 Å². The lowest BCUT2D eigenvalue weighted by Gasteiger charge is -2.17. The number of benzene rings is 1. The highest BCUT2D eigenvalue weighted by atomic mass is 79.9. The summed E-state index contributed by atoms with van der Waals surface area (Å²) in [5.41, 5.74) is -0.335. The van der Waals surface area contributed by atoms with E-state index in [-0.39, 0.29) is 12.0 Å². The van der Waals surface area contributed by atoms with E-state index < -0.39 is 17.8 Å². The summed E-state index contributed by atoms with van der Waals surface area (Å²) in [5.74, 6) is 0. The van der Waals surface area contributed by atoms with E-state index in [4.69, 9.17) is 4.42 Å². The molecule has 2 aromatic rings. The van der Waals surface area contributed by atoms with E-state index in [1.807, 2.05) is 0 Å². The highest BCUT2D eigenvalue weighted by Gasteiger charge is 2.35. The molecule has 1 atom stereocenters. The monoisotopic (exact) mass is 334 g/mol. The lowest BCUT2D eigenvalue weighted by Crippen LogP contribution is -2.13. The lowest BCUT2D eigenvalue weighted by molar-refractivity contribution is -0.139. The van der Waals surface area contributed by atoms with Gasteiger partial charge in [0.2, 0.25) is 0 Å². The maximum atomic E-state index is 12.9. The summed E-state index contributed by atoms with van der Waals surface area (Å²) in [6, 6.07) is 5.32.